The second-order valence-corrected chi connectivity index (χ2v) is 6.38. The van der Waals surface area contributed by atoms with Gasteiger partial charge in [0.25, 0.3) is 5.56 Å². The van der Waals surface area contributed by atoms with Gasteiger partial charge in [-0.25, -0.2) is 4.68 Å². The van der Waals surface area contributed by atoms with Gasteiger partial charge in [-0.15, -0.1) is 0 Å². The number of carbonyl (C=O) groups is 1. The van der Waals surface area contributed by atoms with Gasteiger partial charge in [0.05, 0.1) is 24.3 Å². The number of piperidine rings is 1. The van der Waals surface area contributed by atoms with Gasteiger partial charge in [-0.05, 0) is 25.3 Å². The molecule has 1 aliphatic rings. The second kappa shape index (κ2) is 7.96. The van der Waals surface area contributed by atoms with E-state index in [4.69, 9.17) is 0 Å². The van der Waals surface area contributed by atoms with E-state index in [1.807, 2.05) is 37.3 Å². The number of hydrogen-bond donors (Lipinski definition) is 1. The van der Waals surface area contributed by atoms with Crippen LogP contribution in [0.2, 0.25) is 0 Å². The minimum Gasteiger partial charge on any atom is -0.369 e. The highest BCUT2D eigenvalue weighted by Crippen LogP contribution is 2.21. The molecule has 0 spiro atoms. The molecule has 1 aromatic heterocycles. The van der Waals surface area contributed by atoms with Gasteiger partial charge in [-0.1, -0.05) is 30.3 Å². The zero-order valence-electron chi connectivity index (χ0n) is 14.5. The van der Waals surface area contributed by atoms with Crippen LogP contribution in [0.1, 0.15) is 25.3 Å². The maximum Gasteiger partial charge on any atom is 0.269 e. The Kier molecular flexibility index (Phi) is 5.48. The van der Waals surface area contributed by atoms with E-state index in [-0.39, 0.29) is 17.4 Å². The summed E-state index contributed by atoms with van der Waals surface area (Å²) in [5.74, 6) is 0.0676. The van der Waals surface area contributed by atoms with E-state index in [0.717, 1.165) is 30.6 Å². The topological polar surface area (TPSA) is 67.2 Å². The monoisotopic (exact) mass is 340 g/mol. The molecular formula is C19H24N4O2. The van der Waals surface area contributed by atoms with Crippen molar-refractivity contribution in [2.75, 3.05) is 24.5 Å². The molecule has 3 rings (SSSR count). The van der Waals surface area contributed by atoms with E-state index in [0.29, 0.717) is 19.6 Å². The number of carbonyl (C=O) groups excluding carboxylic acids is 1. The fourth-order valence-corrected chi connectivity index (χ4v) is 3.22. The number of anilines is 1. The average molecular weight is 340 g/mol. The van der Waals surface area contributed by atoms with Crippen molar-refractivity contribution < 1.29 is 4.79 Å². The summed E-state index contributed by atoms with van der Waals surface area (Å²) in [7, 11) is 0. The molecule has 1 N–H and O–H groups in total. The van der Waals surface area contributed by atoms with Crippen molar-refractivity contribution >= 4 is 11.6 Å². The summed E-state index contributed by atoms with van der Waals surface area (Å²) in [5.41, 5.74) is 1.71. The first-order valence-electron chi connectivity index (χ1n) is 8.81. The molecular weight excluding hydrogens is 316 g/mol. The van der Waals surface area contributed by atoms with Crippen LogP contribution >= 0.6 is 0 Å². The Morgan fingerprint density at radius 2 is 2.12 bits per heavy atom. The molecule has 2 aromatic rings. The highest BCUT2D eigenvalue weighted by molar-refractivity contribution is 5.79. The molecule has 0 bridgehead atoms. The van der Waals surface area contributed by atoms with Crippen molar-refractivity contribution in [2.45, 2.75) is 26.3 Å². The average Bonchev–Trinajstić information content (AvgIpc) is 2.64. The molecule has 1 saturated heterocycles. The normalized spacial score (nSPS) is 17.3. The summed E-state index contributed by atoms with van der Waals surface area (Å²) in [6.45, 7) is 4.51. The minimum atomic E-state index is -0.124. The molecule has 1 unspecified atom stereocenters. The van der Waals surface area contributed by atoms with Crippen LogP contribution in [0.15, 0.2) is 47.4 Å². The van der Waals surface area contributed by atoms with E-state index in [1.165, 1.54) is 4.68 Å². The summed E-state index contributed by atoms with van der Waals surface area (Å²) in [5, 5.41) is 7.20. The van der Waals surface area contributed by atoms with Gasteiger partial charge >= 0.3 is 0 Å². The van der Waals surface area contributed by atoms with E-state index < -0.39 is 0 Å². The lowest BCUT2D eigenvalue weighted by Gasteiger charge is -2.33. The molecule has 0 saturated carbocycles. The molecule has 1 aromatic carbocycles. The zero-order chi connectivity index (χ0) is 17.6. The summed E-state index contributed by atoms with van der Waals surface area (Å²) in [6, 6.07) is 11.4. The third-order valence-electron chi connectivity index (χ3n) is 4.54. The fraction of sp³-hybridized carbons (Fsp3) is 0.421. The number of nitrogens with zero attached hydrogens (tertiary/aromatic N) is 3. The molecule has 6 nitrogen and oxygen atoms in total. The molecule has 1 amide bonds. The zero-order valence-corrected chi connectivity index (χ0v) is 14.5. The minimum absolute atomic E-state index is 0.0274. The first-order valence-corrected chi connectivity index (χ1v) is 8.81. The fourth-order valence-electron chi connectivity index (χ4n) is 3.22. The molecule has 0 aliphatic carbocycles. The van der Waals surface area contributed by atoms with Crippen LogP contribution in [-0.4, -0.2) is 35.3 Å². The summed E-state index contributed by atoms with van der Waals surface area (Å²) < 4.78 is 1.46. The van der Waals surface area contributed by atoms with Gasteiger partial charge in [0.1, 0.15) is 0 Å². The van der Waals surface area contributed by atoms with Crippen LogP contribution in [0.25, 0.3) is 0 Å². The summed E-state index contributed by atoms with van der Waals surface area (Å²) >= 11 is 0. The third-order valence-corrected chi connectivity index (χ3v) is 4.54. The Morgan fingerprint density at radius 1 is 1.32 bits per heavy atom. The van der Waals surface area contributed by atoms with Gasteiger partial charge in [0, 0.05) is 25.7 Å². The van der Waals surface area contributed by atoms with E-state index in [2.05, 4.69) is 15.3 Å². The number of aromatic nitrogens is 2. The third kappa shape index (κ3) is 4.26. The van der Waals surface area contributed by atoms with Gasteiger partial charge in [0.15, 0.2) is 0 Å². The maximum absolute atomic E-state index is 12.4. The molecule has 0 radical (unpaired) electrons. The van der Waals surface area contributed by atoms with Gasteiger partial charge in [-0.3, -0.25) is 9.59 Å². The maximum atomic E-state index is 12.4. The molecule has 1 fully saturated rings. The Morgan fingerprint density at radius 3 is 2.84 bits per heavy atom. The quantitative estimate of drug-likeness (QED) is 0.899. The van der Waals surface area contributed by atoms with Crippen molar-refractivity contribution in [1.29, 1.82) is 0 Å². The SMILES string of the molecule is CCNC(=O)C1CCCN(c2cnn(Cc3ccccc3)c(=O)c2)C1. The Balaban J connectivity index is 1.72. The lowest BCUT2D eigenvalue weighted by Crippen LogP contribution is -2.43. The summed E-state index contributed by atoms with van der Waals surface area (Å²) in [4.78, 5) is 26.6. The van der Waals surface area contributed by atoms with Crippen LogP contribution in [0.5, 0.6) is 0 Å². The van der Waals surface area contributed by atoms with Crippen LogP contribution in [0.3, 0.4) is 0 Å². The molecule has 1 aliphatic heterocycles. The van der Waals surface area contributed by atoms with Gasteiger partial charge in [0.2, 0.25) is 5.91 Å². The first kappa shape index (κ1) is 17.2. The molecule has 2 heterocycles. The van der Waals surface area contributed by atoms with Crippen molar-refractivity contribution in [1.82, 2.24) is 15.1 Å². The standard InChI is InChI=1S/C19H24N4O2/c1-2-20-19(25)16-9-6-10-22(14-16)17-11-18(24)23(21-12-17)13-15-7-4-3-5-8-15/h3-5,7-8,11-12,16H,2,6,9-10,13-14H2,1H3,(H,20,25). The summed E-state index contributed by atoms with van der Waals surface area (Å²) in [6.07, 6.45) is 3.56. The van der Waals surface area contributed by atoms with E-state index in [9.17, 15) is 9.59 Å². The van der Waals surface area contributed by atoms with Crippen molar-refractivity contribution in [3.05, 3.63) is 58.5 Å². The van der Waals surface area contributed by atoms with Crippen LogP contribution in [0.4, 0.5) is 5.69 Å². The Hall–Kier alpha value is -2.63. The highest BCUT2D eigenvalue weighted by Gasteiger charge is 2.26. The van der Waals surface area contributed by atoms with Crippen LogP contribution in [0, 0.1) is 5.92 Å². The van der Waals surface area contributed by atoms with Crippen LogP contribution in [-0.2, 0) is 11.3 Å². The molecule has 25 heavy (non-hydrogen) atoms. The number of hydrogen-bond acceptors (Lipinski definition) is 4. The van der Waals surface area contributed by atoms with Gasteiger partial charge < -0.3 is 10.2 Å². The number of nitrogens with one attached hydrogen (secondary N) is 1. The predicted octanol–water partition coefficient (Wildman–Crippen LogP) is 1.64. The van der Waals surface area contributed by atoms with Crippen molar-refractivity contribution in [2.24, 2.45) is 5.92 Å². The number of rotatable bonds is 5. The number of benzene rings is 1. The smallest absolute Gasteiger partial charge is 0.269 e. The second-order valence-electron chi connectivity index (χ2n) is 6.38. The molecule has 6 heteroatoms. The van der Waals surface area contributed by atoms with Crippen LogP contribution < -0.4 is 15.8 Å². The Bertz CT molecular complexity index is 772. The highest BCUT2D eigenvalue weighted by atomic mass is 16.2. The predicted molar refractivity (Wildman–Crippen MR) is 97.7 cm³/mol. The lowest BCUT2D eigenvalue weighted by atomic mass is 9.97. The van der Waals surface area contributed by atoms with Gasteiger partial charge in [-0.2, -0.15) is 5.10 Å². The largest absolute Gasteiger partial charge is 0.369 e. The molecule has 132 valence electrons. The lowest BCUT2D eigenvalue weighted by molar-refractivity contribution is -0.125. The number of amides is 1. The molecule has 1 atom stereocenters. The van der Waals surface area contributed by atoms with E-state index >= 15 is 0 Å². The van der Waals surface area contributed by atoms with E-state index in [1.54, 1.807) is 12.3 Å². The Labute approximate surface area is 147 Å². The van der Waals surface area contributed by atoms with Crippen molar-refractivity contribution in [3.8, 4) is 0 Å². The van der Waals surface area contributed by atoms with Crippen molar-refractivity contribution in [3.63, 3.8) is 0 Å². The first-order chi connectivity index (χ1) is 12.2.